The molecule has 0 rings (SSSR count). The highest BCUT2D eigenvalue weighted by Crippen LogP contribution is 2.10. The zero-order valence-corrected chi connectivity index (χ0v) is 16.4. The van der Waals surface area contributed by atoms with E-state index in [0.717, 1.165) is 39.1 Å². The Bertz CT molecular complexity index is 310. The molecule has 0 aliphatic heterocycles. The van der Waals surface area contributed by atoms with Crippen LogP contribution < -0.4 is 10.6 Å². The van der Waals surface area contributed by atoms with Gasteiger partial charge in [0.2, 0.25) is 0 Å². The summed E-state index contributed by atoms with van der Waals surface area (Å²) in [6.45, 7) is 20.4. The van der Waals surface area contributed by atoms with Crippen LogP contribution in [-0.2, 0) is 4.74 Å². The van der Waals surface area contributed by atoms with Crippen molar-refractivity contribution in [3.05, 3.63) is 0 Å². The van der Waals surface area contributed by atoms with Gasteiger partial charge < -0.3 is 20.3 Å². The van der Waals surface area contributed by atoms with E-state index in [1.165, 1.54) is 0 Å². The lowest BCUT2D eigenvalue weighted by Crippen LogP contribution is -2.40. The van der Waals surface area contributed by atoms with Crippen molar-refractivity contribution in [1.29, 1.82) is 0 Å². The second-order valence-electron chi connectivity index (χ2n) is 7.47. The van der Waals surface area contributed by atoms with Crippen LogP contribution in [0.15, 0.2) is 0 Å². The van der Waals surface area contributed by atoms with Crippen LogP contribution in [0.5, 0.6) is 0 Å². The first-order valence-electron chi connectivity index (χ1n) is 9.09. The SMILES string of the molecule is CCN(CC)CCCNCC(CNC(=O)OC(C)(C)C)C(C)C. The number of amides is 1. The smallest absolute Gasteiger partial charge is 0.407 e. The van der Waals surface area contributed by atoms with E-state index in [9.17, 15) is 4.79 Å². The summed E-state index contributed by atoms with van der Waals surface area (Å²) in [5.74, 6) is 0.927. The van der Waals surface area contributed by atoms with E-state index >= 15 is 0 Å². The van der Waals surface area contributed by atoms with Crippen LogP contribution >= 0.6 is 0 Å². The van der Waals surface area contributed by atoms with Crippen molar-refractivity contribution in [3.63, 3.8) is 0 Å². The highest BCUT2D eigenvalue weighted by Gasteiger charge is 2.18. The number of nitrogens with zero attached hydrogens (tertiary/aromatic N) is 1. The lowest BCUT2D eigenvalue weighted by molar-refractivity contribution is 0.0515. The van der Waals surface area contributed by atoms with Gasteiger partial charge in [-0.1, -0.05) is 27.7 Å². The fourth-order valence-electron chi connectivity index (χ4n) is 2.33. The quantitative estimate of drug-likeness (QED) is 0.572. The molecular formula is C18H39N3O2. The van der Waals surface area contributed by atoms with E-state index < -0.39 is 5.60 Å². The standard InChI is InChI=1S/C18H39N3O2/c1-8-21(9-2)12-10-11-19-13-16(15(3)4)14-20-17(22)23-18(5,6)7/h15-16,19H,8-14H2,1-7H3,(H,20,22). The molecule has 0 radical (unpaired) electrons. The lowest BCUT2D eigenvalue weighted by atomic mass is 9.96. The number of hydrogen-bond acceptors (Lipinski definition) is 4. The average molecular weight is 330 g/mol. The van der Waals surface area contributed by atoms with Crippen LogP contribution in [0.4, 0.5) is 4.79 Å². The number of rotatable bonds is 11. The fourth-order valence-corrected chi connectivity index (χ4v) is 2.33. The molecule has 1 unspecified atom stereocenters. The van der Waals surface area contributed by atoms with Gasteiger partial charge >= 0.3 is 6.09 Å². The maximum Gasteiger partial charge on any atom is 0.407 e. The van der Waals surface area contributed by atoms with Crippen LogP contribution in [0.25, 0.3) is 0 Å². The first kappa shape index (κ1) is 22.2. The molecule has 0 saturated carbocycles. The minimum atomic E-state index is -0.444. The Morgan fingerprint density at radius 2 is 1.74 bits per heavy atom. The van der Waals surface area contributed by atoms with E-state index in [-0.39, 0.29) is 6.09 Å². The van der Waals surface area contributed by atoms with E-state index in [2.05, 4.69) is 43.2 Å². The molecule has 23 heavy (non-hydrogen) atoms. The summed E-state index contributed by atoms with van der Waals surface area (Å²) >= 11 is 0. The summed E-state index contributed by atoms with van der Waals surface area (Å²) in [4.78, 5) is 14.2. The zero-order chi connectivity index (χ0) is 17.9. The Kier molecular flexibility index (Phi) is 11.3. The molecule has 0 aliphatic rings. The molecule has 138 valence electrons. The van der Waals surface area contributed by atoms with Crippen LogP contribution in [0, 0.1) is 11.8 Å². The first-order chi connectivity index (χ1) is 10.7. The molecule has 1 atom stereocenters. The van der Waals surface area contributed by atoms with Crippen molar-refractivity contribution in [2.45, 2.75) is 60.5 Å². The van der Waals surface area contributed by atoms with Crippen LogP contribution in [0.3, 0.4) is 0 Å². The number of nitrogens with one attached hydrogen (secondary N) is 2. The van der Waals surface area contributed by atoms with Crippen LogP contribution in [0.2, 0.25) is 0 Å². The average Bonchev–Trinajstić information content (AvgIpc) is 2.43. The monoisotopic (exact) mass is 329 g/mol. The van der Waals surface area contributed by atoms with Crippen molar-refractivity contribution in [1.82, 2.24) is 15.5 Å². The van der Waals surface area contributed by atoms with Crippen molar-refractivity contribution in [2.24, 2.45) is 11.8 Å². The number of carbonyl (C=O) groups is 1. The normalized spacial score (nSPS) is 13.4. The molecule has 0 aliphatic carbocycles. The van der Waals surface area contributed by atoms with Crippen molar-refractivity contribution in [2.75, 3.05) is 39.3 Å². The van der Waals surface area contributed by atoms with Gasteiger partial charge in [0.1, 0.15) is 5.60 Å². The molecule has 0 aromatic carbocycles. The van der Waals surface area contributed by atoms with Gasteiger partial charge in [0, 0.05) is 6.54 Å². The highest BCUT2D eigenvalue weighted by molar-refractivity contribution is 5.67. The van der Waals surface area contributed by atoms with Gasteiger partial charge in [-0.15, -0.1) is 0 Å². The second kappa shape index (κ2) is 11.7. The molecule has 0 aromatic heterocycles. The van der Waals surface area contributed by atoms with Gasteiger partial charge in [0.25, 0.3) is 0 Å². The van der Waals surface area contributed by atoms with Crippen molar-refractivity contribution < 1.29 is 9.53 Å². The summed E-state index contributed by atoms with van der Waals surface area (Å²) < 4.78 is 5.29. The fraction of sp³-hybridized carbons (Fsp3) is 0.944. The van der Waals surface area contributed by atoms with E-state index in [0.29, 0.717) is 18.4 Å². The summed E-state index contributed by atoms with van der Waals surface area (Å²) in [6.07, 6.45) is 0.830. The first-order valence-corrected chi connectivity index (χ1v) is 9.09. The summed E-state index contributed by atoms with van der Waals surface area (Å²) in [7, 11) is 0. The van der Waals surface area contributed by atoms with Gasteiger partial charge in [-0.05, 0) is 71.8 Å². The van der Waals surface area contributed by atoms with E-state index in [1.54, 1.807) is 0 Å². The lowest BCUT2D eigenvalue weighted by Gasteiger charge is -2.24. The minimum absolute atomic E-state index is 0.329. The molecule has 0 bridgehead atoms. The van der Waals surface area contributed by atoms with Gasteiger partial charge in [-0.25, -0.2) is 4.79 Å². The Hall–Kier alpha value is -0.810. The summed E-state index contributed by atoms with van der Waals surface area (Å²) in [5.41, 5.74) is -0.444. The third-order valence-electron chi connectivity index (χ3n) is 3.98. The third-order valence-corrected chi connectivity index (χ3v) is 3.98. The van der Waals surface area contributed by atoms with Gasteiger partial charge in [-0.2, -0.15) is 0 Å². The van der Waals surface area contributed by atoms with Crippen LogP contribution in [-0.4, -0.2) is 55.9 Å². The Labute approximate surface area is 143 Å². The molecule has 2 N–H and O–H groups in total. The Balaban J connectivity index is 3.97. The maximum atomic E-state index is 11.7. The second-order valence-corrected chi connectivity index (χ2v) is 7.47. The molecule has 0 spiro atoms. The highest BCUT2D eigenvalue weighted by atomic mass is 16.6. The van der Waals surface area contributed by atoms with E-state index in [4.69, 9.17) is 4.74 Å². The summed E-state index contributed by atoms with van der Waals surface area (Å²) in [6, 6.07) is 0. The number of hydrogen-bond donors (Lipinski definition) is 2. The molecule has 0 heterocycles. The molecule has 0 fully saturated rings. The topological polar surface area (TPSA) is 53.6 Å². The third kappa shape index (κ3) is 12.3. The Morgan fingerprint density at radius 3 is 2.22 bits per heavy atom. The van der Waals surface area contributed by atoms with E-state index in [1.807, 2.05) is 20.8 Å². The minimum Gasteiger partial charge on any atom is -0.444 e. The molecule has 1 amide bonds. The molecule has 5 nitrogen and oxygen atoms in total. The molecular weight excluding hydrogens is 290 g/mol. The largest absolute Gasteiger partial charge is 0.444 e. The zero-order valence-electron chi connectivity index (χ0n) is 16.4. The molecule has 5 heteroatoms. The predicted molar refractivity (Wildman–Crippen MR) is 97.8 cm³/mol. The van der Waals surface area contributed by atoms with Gasteiger partial charge in [-0.3, -0.25) is 0 Å². The summed E-state index contributed by atoms with van der Waals surface area (Å²) in [5, 5.41) is 6.41. The van der Waals surface area contributed by atoms with Gasteiger partial charge in [0.15, 0.2) is 0 Å². The number of carbonyl (C=O) groups excluding carboxylic acids is 1. The van der Waals surface area contributed by atoms with Crippen LogP contribution in [0.1, 0.15) is 54.9 Å². The number of ether oxygens (including phenoxy) is 1. The molecule has 0 saturated heterocycles. The molecule has 0 aromatic rings. The van der Waals surface area contributed by atoms with Gasteiger partial charge in [0.05, 0.1) is 0 Å². The van der Waals surface area contributed by atoms with Crippen molar-refractivity contribution in [3.8, 4) is 0 Å². The number of alkyl carbamates (subject to hydrolysis) is 1. The predicted octanol–water partition coefficient (Wildman–Crippen LogP) is 3.10. The maximum absolute atomic E-state index is 11.7. The Morgan fingerprint density at radius 1 is 1.13 bits per heavy atom. The van der Waals surface area contributed by atoms with Crippen molar-refractivity contribution >= 4 is 6.09 Å².